The van der Waals surface area contributed by atoms with E-state index < -0.39 is 29.8 Å². The molecule has 2 unspecified atom stereocenters. The van der Waals surface area contributed by atoms with Crippen LogP contribution in [0.25, 0.3) is 0 Å². The van der Waals surface area contributed by atoms with Gasteiger partial charge in [-0.25, -0.2) is 4.39 Å². The fourth-order valence-corrected chi connectivity index (χ4v) is 3.31. The highest BCUT2D eigenvalue weighted by atomic mass is 19.1. The zero-order chi connectivity index (χ0) is 19.7. The summed E-state index contributed by atoms with van der Waals surface area (Å²) < 4.78 is 13.1. The first-order valence-corrected chi connectivity index (χ1v) is 8.84. The quantitative estimate of drug-likeness (QED) is 0.824. The number of nitrogens with one attached hydrogen (secondary N) is 1. The molecular formula is C21H21FN2O3. The van der Waals surface area contributed by atoms with Gasteiger partial charge in [0.15, 0.2) is 0 Å². The maximum absolute atomic E-state index is 13.1. The Labute approximate surface area is 157 Å². The maximum Gasteiger partial charge on any atom is 0.262 e. The Morgan fingerprint density at radius 2 is 1.44 bits per heavy atom. The van der Waals surface area contributed by atoms with Gasteiger partial charge in [-0.05, 0) is 42.7 Å². The van der Waals surface area contributed by atoms with Crippen molar-refractivity contribution in [1.82, 2.24) is 10.2 Å². The molecule has 0 aliphatic carbocycles. The first-order chi connectivity index (χ1) is 12.8. The molecule has 0 spiro atoms. The van der Waals surface area contributed by atoms with Crippen LogP contribution in [-0.2, 0) is 4.79 Å². The molecule has 0 fully saturated rings. The van der Waals surface area contributed by atoms with Crippen molar-refractivity contribution in [3.05, 3.63) is 71.0 Å². The molecule has 0 radical (unpaired) electrons. The van der Waals surface area contributed by atoms with Crippen LogP contribution < -0.4 is 5.32 Å². The second-order valence-electron chi connectivity index (χ2n) is 7.00. The van der Waals surface area contributed by atoms with Crippen molar-refractivity contribution in [1.29, 1.82) is 0 Å². The molecule has 2 aromatic carbocycles. The fraction of sp³-hybridized carbons (Fsp3) is 0.286. The SMILES string of the molecule is CC(NC(=O)C(C(C)C)N1C(=O)c2ccccc2C1=O)c1ccc(F)cc1. The normalized spacial score (nSPS) is 15.7. The number of carbonyl (C=O) groups is 3. The zero-order valence-corrected chi connectivity index (χ0v) is 15.4. The van der Waals surface area contributed by atoms with E-state index in [1.165, 1.54) is 12.1 Å². The number of carbonyl (C=O) groups excluding carboxylic acids is 3. The third kappa shape index (κ3) is 3.47. The lowest BCUT2D eigenvalue weighted by Gasteiger charge is -2.29. The highest BCUT2D eigenvalue weighted by molar-refractivity contribution is 6.22. The summed E-state index contributed by atoms with van der Waals surface area (Å²) >= 11 is 0. The van der Waals surface area contributed by atoms with E-state index in [9.17, 15) is 18.8 Å². The molecule has 0 saturated heterocycles. The Bertz CT molecular complexity index is 858. The van der Waals surface area contributed by atoms with E-state index in [4.69, 9.17) is 0 Å². The van der Waals surface area contributed by atoms with Gasteiger partial charge >= 0.3 is 0 Å². The number of hydrogen-bond donors (Lipinski definition) is 1. The number of imide groups is 1. The summed E-state index contributed by atoms with van der Waals surface area (Å²) in [7, 11) is 0. The minimum absolute atomic E-state index is 0.271. The summed E-state index contributed by atoms with van der Waals surface area (Å²) in [5, 5.41) is 2.83. The molecule has 1 N–H and O–H groups in total. The van der Waals surface area contributed by atoms with Crippen LogP contribution in [0.1, 0.15) is 53.1 Å². The minimum Gasteiger partial charge on any atom is -0.348 e. The Hall–Kier alpha value is -3.02. The van der Waals surface area contributed by atoms with Gasteiger partial charge in [0, 0.05) is 0 Å². The highest BCUT2D eigenvalue weighted by Gasteiger charge is 2.44. The molecule has 0 bridgehead atoms. The number of halogens is 1. The van der Waals surface area contributed by atoms with Gasteiger partial charge in [0.2, 0.25) is 5.91 Å². The van der Waals surface area contributed by atoms with Crippen LogP contribution in [0.2, 0.25) is 0 Å². The topological polar surface area (TPSA) is 66.5 Å². The van der Waals surface area contributed by atoms with E-state index >= 15 is 0 Å². The molecule has 0 saturated carbocycles. The summed E-state index contributed by atoms with van der Waals surface area (Å²) in [5.41, 5.74) is 1.36. The maximum atomic E-state index is 13.1. The molecule has 1 heterocycles. The Morgan fingerprint density at radius 1 is 0.926 bits per heavy atom. The molecule has 3 amide bonds. The second kappa shape index (κ2) is 7.31. The van der Waals surface area contributed by atoms with E-state index in [1.807, 2.05) is 0 Å². The third-order valence-electron chi connectivity index (χ3n) is 4.73. The van der Waals surface area contributed by atoms with E-state index in [2.05, 4.69) is 5.32 Å². The summed E-state index contributed by atoms with van der Waals surface area (Å²) in [6.07, 6.45) is 0. The number of benzene rings is 2. The lowest BCUT2D eigenvalue weighted by molar-refractivity contribution is -0.127. The molecule has 27 heavy (non-hydrogen) atoms. The monoisotopic (exact) mass is 368 g/mol. The van der Waals surface area contributed by atoms with Gasteiger partial charge < -0.3 is 5.32 Å². The molecule has 3 rings (SSSR count). The van der Waals surface area contributed by atoms with Crippen molar-refractivity contribution >= 4 is 17.7 Å². The van der Waals surface area contributed by atoms with Gasteiger partial charge in [0.05, 0.1) is 17.2 Å². The van der Waals surface area contributed by atoms with E-state index in [0.29, 0.717) is 11.1 Å². The third-order valence-corrected chi connectivity index (χ3v) is 4.73. The summed E-state index contributed by atoms with van der Waals surface area (Å²) in [6.45, 7) is 5.34. The predicted molar refractivity (Wildman–Crippen MR) is 98.5 cm³/mol. The molecule has 1 aliphatic heterocycles. The van der Waals surface area contributed by atoms with Gasteiger partial charge in [-0.15, -0.1) is 0 Å². The van der Waals surface area contributed by atoms with Crippen molar-refractivity contribution in [3.63, 3.8) is 0 Å². The van der Waals surface area contributed by atoms with Crippen LogP contribution in [0.3, 0.4) is 0 Å². The molecule has 1 aliphatic rings. The van der Waals surface area contributed by atoms with Crippen LogP contribution >= 0.6 is 0 Å². The van der Waals surface area contributed by atoms with Gasteiger partial charge in [-0.1, -0.05) is 38.1 Å². The molecular weight excluding hydrogens is 347 g/mol. The predicted octanol–water partition coefficient (Wildman–Crippen LogP) is 3.32. The van der Waals surface area contributed by atoms with Crippen LogP contribution in [0.4, 0.5) is 4.39 Å². The number of rotatable bonds is 5. The molecule has 5 nitrogen and oxygen atoms in total. The average molecular weight is 368 g/mol. The molecule has 6 heteroatoms. The van der Waals surface area contributed by atoms with Crippen LogP contribution in [0, 0.1) is 11.7 Å². The van der Waals surface area contributed by atoms with Gasteiger partial charge in [-0.2, -0.15) is 0 Å². The Morgan fingerprint density at radius 3 is 1.93 bits per heavy atom. The van der Waals surface area contributed by atoms with Gasteiger partial charge in [0.25, 0.3) is 11.8 Å². The number of fused-ring (bicyclic) bond motifs is 1. The summed E-state index contributed by atoms with van der Waals surface area (Å²) in [4.78, 5) is 39.4. The Kier molecular flexibility index (Phi) is 5.08. The van der Waals surface area contributed by atoms with Crippen molar-refractivity contribution in [3.8, 4) is 0 Å². The standard InChI is InChI=1S/C21H21FN2O3/c1-12(2)18(19(25)23-13(3)14-8-10-15(22)11-9-14)24-20(26)16-6-4-5-7-17(16)21(24)27/h4-13,18H,1-3H3,(H,23,25). The molecule has 140 valence electrons. The smallest absolute Gasteiger partial charge is 0.262 e. The van der Waals surface area contributed by atoms with Crippen LogP contribution in [-0.4, -0.2) is 28.7 Å². The van der Waals surface area contributed by atoms with Crippen LogP contribution in [0.15, 0.2) is 48.5 Å². The first-order valence-electron chi connectivity index (χ1n) is 8.84. The van der Waals surface area contributed by atoms with Crippen LogP contribution in [0.5, 0.6) is 0 Å². The molecule has 0 aromatic heterocycles. The molecule has 2 aromatic rings. The van der Waals surface area contributed by atoms with E-state index in [-0.39, 0.29) is 11.7 Å². The zero-order valence-electron chi connectivity index (χ0n) is 15.4. The van der Waals surface area contributed by atoms with Crippen molar-refractivity contribution in [2.24, 2.45) is 5.92 Å². The lowest BCUT2D eigenvalue weighted by Crippen LogP contribution is -2.52. The summed E-state index contributed by atoms with van der Waals surface area (Å²) in [6, 6.07) is 11.1. The first kappa shape index (κ1) is 18.8. The van der Waals surface area contributed by atoms with E-state index in [1.54, 1.807) is 57.2 Å². The Balaban J connectivity index is 1.84. The highest BCUT2D eigenvalue weighted by Crippen LogP contribution is 2.27. The number of hydrogen-bond acceptors (Lipinski definition) is 3. The largest absolute Gasteiger partial charge is 0.348 e. The fourth-order valence-electron chi connectivity index (χ4n) is 3.31. The van der Waals surface area contributed by atoms with Crippen molar-refractivity contribution in [2.75, 3.05) is 0 Å². The van der Waals surface area contributed by atoms with Crippen molar-refractivity contribution < 1.29 is 18.8 Å². The summed E-state index contributed by atoms with van der Waals surface area (Å²) in [5.74, 6) is -1.97. The average Bonchev–Trinajstić information content (AvgIpc) is 2.88. The number of amides is 3. The second-order valence-corrected chi connectivity index (χ2v) is 7.00. The van der Waals surface area contributed by atoms with Gasteiger partial charge in [-0.3, -0.25) is 19.3 Å². The lowest BCUT2D eigenvalue weighted by atomic mass is 10.00. The minimum atomic E-state index is -0.930. The number of nitrogens with zero attached hydrogens (tertiary/aromatic N) is 1. The molecule has 2 atom stereocenters. The van der Waals surface area contributed by atoms with Crippen molar-refractivity contribution in [2.45, 2.75) is 32.9 Å². The van der Waals surface area contributed by atoms with Gasteiger partial charge in [0.1, 0.15) is 11.9 Å². The van der Waals surface area contributed by atoms with E-state index in [0.717, 1.165) is 10.5 Å².